The Bertz CT molecular complexity index is 259. The number of rotatable bonds is 4. The van der Waals surface area contributed by atoms with Crippen LogP contribution < -0.4 is 11.5 Å². The Hall–Kier alpha value is -1.04. The molecule has 0 aromatic heterocycles. The molecule has 86 valence electrons. The molecule has 0 aromatic carbocycles. The third-order valence-electron chi connectivity index (χ3n) is 1.83. The average Bonchev–Trinajstić information content (AvgIpc) is 1.97. The van der Waals surface area contributed by atoms with Crippen LogP contribution in [-0.2, 0) is 14.3 Å². The van der Waals surface area contributed by atoms with E-state index >= 15 is 0 Å². The first-order chi connectivity index (χ1) is 6.54. The van der Waals surface area contributed by atoms with Crippen molar-refractivity contribution in [3.05, 3.63) is 0 Å². The molecule has 0 saturated carbocycles. The standard InChI is InChI=1S/C9H19BN2O3/c1-8(2,3)15-6(13)4-5-9(10,12)7(11)14/h4-5,10,12H2,1-3H3,(H2,11,14). The lowest BCUT2D eigenvalue weighted by molar-refractivity contribution is -0.155. The van der Waals surface area contributed by atoms with Crippen molar-refractivity contribution in [3.8, 4) is 0 Å². The molecule has 15 heavy (non-hydrogen) atoms. The van der Waals surface area contributed by atoms with E-state index in [4.69, 9.17) is 16.2 Å². The number of nitrogens with two attached hydrogens (primary N) is 2. The van der Waals surface area contributed by atoms with E-state index < -0.39 is 16.9 Å². The SMILES string of the molecule is BC(N)(CCC(=O)OC(C)(C)C)C(N)=O. The summed E-state index contributed by atoms with van der Waals surface area (Å²) in [5, 5.41) is 0. The number of hydrogen-bond acceptors (Lipinski definition) is 4. The van der Waals surface area contributed by atoms with Crippen molar-refractivity contribution < 1.29 is 14.3 Å². The summed E-state index contributed by atoms with van der Waals surface area (Å²) in [4.78, 5) is 22.2. The van der Waals surface area contributed by atoms with Crippen molar-refractivity contribution in [1.29, 1.82) is 0 Å². The van der Waals surface area contributed by atoms with Crippen molar-refractivity contribution in [1.82, 2.24) is 0 Å². The molecule has 0 rings (SSSR count). The van der Waals surface area contributed by atoms with Crippen LogP contribution in [0.5, 0.6) is 0 Å². The van der Waals surface area contributed by atoms with E-state index in [9.17, 15) is 9.59 Å². The van der Waals surface area contributed by atoms with Crippen molar-refractivity contribution in [2.45, 2.75) is 44.7 Å². The Kier molecular flexibility index (Phi) is 4.34. The molecule has 0 bridgehead atoms. The van der Waals surface area contributed by atoms with Crippen molar-refractivity contribution in [2.24, 2.45) is 11.5 Å². The fourth-order valence-electron chi connectivity index (χ4n) is 0.877. The lowest BCUT2D eigenvalue weighted by Crippen LogP contribution is -2.52. The highest BCUT2D eigenvalue weighted by Gasteiger charge is 2.27. The maximum atomic E-state index is 11.3. The first-order valence-corrected chi connectivity index (χ1v) is 4.85. The molecule has 0 saturated heterocycles. The third kappa shape index (κ3) is 6.12. The van der Waals surface area contributed by atoms with E-state index in [-0.39, 0.29) is 18.8 Å². The molecular formula is C9H19BN2O3. The van der Waals surface area contributed by atoms with Crippen molar-refractivity contribution >= 4 is 19.7 Å². The smallest absolute Gasteiger partial charge is 0.306 e. The molecule has 0 spiro atoms. The van der Waals surface area contributed by atoms with Gasteiger partial charge in [0.15, 0.2) is 0 Å². The van der Waals surface area contributed by atoms with Crippen LogP contribution in [0, 0.1) is 0 Å². The highest BCUT2D eigenvalue weighted by molar-refractivity contribution is 6.27. The predicted molar refractivity (Wildman–Crippen MR) is 59.7 cm³/mol. The molecule has 0 aliphatic carbocycles. The van der Waals surface area contributed by atoms with Crippen LogP contribution >= 0.6 is 0 Å². The molecule has 0 aliphatic heterocycles. The van der Waals surface area contributed by atoms with Crippen LogP contribution in [0.2, 0.25) is 0 Å². The highest BCUT2D eigenvalue weighted by atomic mass is 16.6. The summed E-state index contributed by atoms with van der Waals surface area (Å²) in [6.45, 7) is 5.34. The van der Waals surface area contributed by atoms with Gasteiger partial charge in [0.1, 0.15) is 13.4 Å². The highest BCUT2D eigenvalue weighted by Crippen LogP contribution is 2.11. The number of esters is 1. The second-order valence-corrected chi connectivity index (χ2v) is 4.87. The predicted octanol–water partition coefficient (Wildman–Crippen LogP) is -1.12. The zero-order valence-corrected chi connectivity index (χ0v) is 9.79. The van der Waals surface area contributed by atoms with Gasteiger partial charge in [-0.25, -0.2) is 0 Å². The summed E-state index contributed by atoms with van der Waals surface area (Å²) in [5.41, 5.74) is 8.98. The van der Waals surface area contributed by atoms with Gasteiger partial charge in [-0.15, -0.1) is 0 Å². The van der Waals surface area contributed by atoms with E-state index in [0.29, 0.717) is 0 Å². The van der Waals surface area contributed by atoms with Gasteiger partial charge in [0, 0.05) is 6.42 Å². The van der Waals surface area contributed by atoms with Crippen LogP contribution in [0.4, 0.5) is 0 Å². The lowest BCUT2D eigenvalue weighted by Gasteiger charge is -2.23. The molecule has 0 aromatic rings. The minimum atomic E-state index is -1.16. The van der Waals surface area contributed by atoms with Crippen LogP contribution in [0.15, 0.2) is 0 Å². The first-order valence-electron chi connectivity index (χ1n) is 4.85. The van der Waals surface area contributed by atoms with Crippen LogP contribution in [0.3, 0.4) is 0 Å². The minimum absolute atomic E-state index is 0.0905. The van der Waals surface area contributed by atoms with E-state index in [0.717, 1.165) is 0 Å². The van der Waals surface area contributed by atoms with Gasteiger partial charge in [-0.3, -0.25) is 9.59 Å². The van der Waals surface area contributed by atoms with Gasteiger partial charge in [-0.05, 0) is 27.2 Å². The van der Waals surface area contributed by atoms with Crippen LogP contribution in [0.25, 0.3) is 0 Å². The summed E-state index contributed by atoms with van der Waals surface area (Å²) in [7, 11) is 1.50. The van der Waals surface area contributed by atoms with Gasteiger partial charge in [0.05, 0.1) is 5.44 Å². The van der Waals surface area contributed by atoms with E-state index in [1.165, 1.54) is 7.85 Å². The third-order valence-corrected chi connectivity index (χ3v) is 1.83. The molecule has 5 nitrogen and oxygen atoms in total. The van der Waals surface area contributed by atoms with Crippen molar-refractivity contribution in [3.63, 3.8) is 0 Å². The van der Waals surface area contributed by atoms with Gasteiger partial charge in [-0.2, -0.15) is 0 Å². The minimum Gasteiger partial charge on any atom is -0.460 e. The van der Waals surface area contributed by atoms with Crippen LogP contribution in [0.1, 0.15) is 33.6 Å². The Labute approximate surface area is 90.9 Å². The second kappa shape index (κ2) is 4.66. The molecule has 1 amide bonds. The summed E-state index contributed by atoms with van der Waals surface area (Å²) in [5.74, 6) is -0.994. The zero-order chi connectivity index (χ0) is 12.3. The van der Waals surface area contributed by atoms with Gasteiger partial charge < -0.3 is 16.2 Å². The Balaban J connectivity index is 4.07. The first kappa shape index (κ1) is 14.0. The normalized spacial score (nSPS) is 15.5. The summed E-state index contributed by atoms with van der Waals surface area (Å²) in [6, 6.07) is 0. The maximum absolute atomic E-state index is 11.3. The van der Waals surface area contributed by atoms with Gasteiger partial charge >= 0.3 is 5.97 Å². The number of carbonyl (C=O) groups is 2. The fraction of sp³-hybridized carbons (Fsp3) is 0.778. The Morgan fingerprint density at radius 3 is 2.13 bits per heavy atom. The van der Waals surface area contributed by atoms with Gasteiger partial charge in [-0.1, -0.05) is 0 Å². The molecule has 0 heterocycles. The number of hydrogen-bond donors (Lipinski definition) is 2. The van der Waals surface area contributed by atoms with Gasteiger partial charge in [0.25, 0.3) is 0 Å². The molecule has 0 aliphatic rings. The Morgan fingerprint density at radius 2 is 1.80 bits per heavy atom. The van der Waals surface area contributed by atoms with E-state index in [2.05, 4.69) is 0 Å². The second-order valence-electron chi connectivity index (χ2n) is 4.87. The Morgan fingerprint density at radius 1 is 1.33 bits per heavy atom. The molecule has 1 unspecified atom stereocenters. The number of primary amides is 1. The quantitative estimate of drug-likeness (QED) is 0.457. The number of carbonyl (C=O) groups excluding carboxylic acids is 2. The van der Waals surface area contributed by atoms with E-state index in [1.54, 1.807) is 20.8 Å². The molecular weight excluding hydrogens is 195 g/mol. The fourth-order valence-corrected chi connectivity index (χ4v) is 0.877. The molecule has 4 N–H and O–H groups in total. The molecule has 0 fully saturated rings. The van der Waals surface area contributed by atoms with Crippen molar-refractivity contribution in [2.75, 3.05) is 0 Å². The topological polar surface area (TPSA) is 95.4 Å². The monoisotopic (exact) mass is 214 g/mol. The number of ether oxygens (including phenoxy) is 1. The zero-order valence-electron chi connectivity index (χ0n) is 9.79. The molecule has 6 heteroatoms. The van der Waals surface area contributed by atoms with Crippen LogP contribution in [-0.4, -0.2) is 30.8 Å². The maximum Gasteiger partial charge on any atom is 0.306 e. The van der Waals surface area contributed by atoms with Gasteiger partial charge in [0.2, 0.25) is 5.91 Å². The largest absolute Gasteiger partial charge is 0.460 e. The summed E-state index contributed by atoms with van der Waals surface area (Å²) in [6.07, 6.45) is 0.282. The van der Waals surface area contributed by atoms with E-state index in [1.807, 2.05) is 0 Å². The lowest BCUT2D eigenvalue weighted by atomic mass is 9.74. The number of amides is 1. The summed E-state index contributed by atoms with van der Waals surface area (Å²) >= 11 is 0. The summed E-state index contributed by atoms with van der Waals surface area (Å²) < 4.78 is 5.07. The molecule has 0 radical (unpaired) electrons. The molecule has 1 atom stereocenters. The average molecular weight is 214 g/mol.